The first-order valence-corrected chi connectivity index (χ1v) is 11.6. The van der Waals surface area contributed by atoms with Crippen LogP contribution < -0.4 is 21.2 Å². The van der Waals surface area contributed by atoms with Gasteiger partial charge in [0.25, 0.3) is 5.91 Å². The summed E-state index contributed by atoms with van der Waals surface area (Å²) in [7, 11) is 0. The van der Waals surface area contributed by atoms with Crippen molar-refractivity contribution in [2.75, 3.05) is 13.1 Å². The summed E-state index contributed by atoms with van der Waals surface area (Å²) in [6.07, 6.45) is 7.31. The minimum absolute atomic E-state index is 0.0340. The van der Waals surface area contributed by atoms with E-state index in [1.807, 2.05) is 13.8 Å². The molecule has 1 saturated heterocycles. The lowest BCUT2D eigenvalue weighted by molar-refractivity contribution is -0.686. The van der Waals surface area contributed by atoms with Crippen LogP contribution in [0.25, 0.3) is 11.7 Å². The molecule has 0 spiro atoms. The van der Waals surface area contributed by atoms with Crippen LogP contribution in [0.5, 0.6) is 5.88 Å². The molecule has 0 aromatic carbocycles. The first kappa shape index (κ1) is 23.5. The molecule has 1 aliphatic carbocycles. The van der Waals surface area contributed by atoms with Crippen LogP contribution in [0.1, 0.15) is 55.5 Å². The highest BCUT2D eigenvalue weighted by atomic mass is 16.3. The molecule has 1 saturated carbocycles. The van der Waals surface area contributed by atoms with Gasteiger partial charge >= 0.3 is 17.1 Å². The molecule has 0 atom stereocenters. The van der Waals surface area contributed by atoms with Crippen LogP contribution in [0, 0.1) is 11.8 Å². The number of carbonyl (C=O) groups excluding carboxylic acids is 3. The Labute approximate surface area is 196 Å². The lowest BCUT2D eigenvalue weighted by Gasteiger charge is -2.29. The van der Waals surface area contributed by atoms with Crippen LogP contribution in [-0.2, 0) is 16.1 Å². The van der Waals surface area contributed by atoms with Gasteiger partial charge in [0.05, 0.1) is 18.3 Å². The molecule has 3 amide bonds. The first-order chi connectivity index (χ1) is 16.2. The number of piperidine rings is 1. The number of aromatic amines is 1. The van der Waals surface area contributed by atoms with Gasteiger partial charge in [-0.3, -0.25) is 14.4 Å². The van der Waals surface area contributed by atoms with Crippen molar-refractivity contribution in [1.29, 1.82) is 0 Å². The SMILES string of the molecule is CC(C)C[n+]1c(O)c(C(=O)NC2CC2)c(=O)n2[nH]cc(/C=C/C(=O)N3CCC(C(N)=O)CC3)c21. The van der Waals surface area contributed by atoms with E-state index in [0.717, 1.165) is 12.8 Å². The van der Waals surface area contributed by atoms with Gasteiger partial charge in [-0.05, 0) is 37.7 Å². The maximum absolute atomic E-state index is 13.1. The number of aromatic nitrogens is 3. The van der Waals surface area contributed by atoms with Gasteiger partial charge in [0, 0.05) is 31.1 Å². The Hall–Kier alpha value is -3.63. The number of likely N-dealkylation sites (tertiary alicyclic amines) is 1. The second kappa shape index (κ2) is 9.32. The largest absolute Gasteiger partial charge is 0.477 e. The Kier molecular flexibility index (Phi) is 6.45. The summed E-state index contributed by atoms with van der Waals surface area (Å²) < 4.78 is 2.74. The van der Waals surface area contributed by atoms with Crippen molar-refractivity contribution in [2.45, 2.75) is 52.1 Å². The van der Waals surface area contributed by atoms with Gasteiger partial charge in [-0.15, -0.1) is 0 Å². The second-order valence-electron chi connectivity index (χ2n) is 9.48. The summed E-state index contributed by atoms with van der Waals surface area (Å²) in [5, 5.41) is 16.6. The number of hydrogen-bond donors (Lipinski definition) is 4. The third-order valence-electron chi connectivity index (χ3n) is 6.27. The Bertz CT molecular complexity index is 1210. The van der Waals surface area contributed by atoms with Gasteiger partial charge in [0.1, 0.15) is 0 Å². The number of H-pyrrole nitrogens is 1. The van der Waals surface area contributed by atoms with E-state index in [4.69, 9.17) is 5.73 Å². The van der Waals surface area contributed by atoms with Crippen molar-refractivity contribution in [1.82, 2.24) is 19.8 Å². The average molecular weight is 472 g/mol. The number of carbonyl (C=O) groups is 3. The van der Waals surface area contributed by atoms with Gasteiger partial charge in [-0.1, -0.05) is 18.4 Å². The highest BCUT2D eigenvalue weighted by Crippen LogP contribution is 2.21. The number of nitrogens with zero attached hydrogens (tertiary/aromatic N) is 3. The fraction of sp³-hybridized carbons (Fsp3) is 0.522. The zero-order chi connectivity index (χ0) is 24.6. The number of amides is 3. The average Bonchev–Trinajstić information content (AvgIpc) is 3.50. The molecule has 0 unspecified atom stereocenters. The Morgan fingerprint density at radius 3 is 2.53 bits per heavy atom. The van der Waals surface area contributed by atoms with Crippen LogP contribution in [0.2, 0.25) is 0 Å². The quantitative estimate of drug-likeness (QED) is 0.328. The van der Waals surface area contributed by atoms with E-state index in [1.54, 1.807) is 17.2 Å². The van der Waals surface area contributed by atoms with E-state index in [-0.39, 0.29) is 35.3 Å². The normalized spacial score (nSPS) is 17.1. The standard InChI is InChI=1S/C23H30N6O5/c1-13(2)12-28-21-15(3-6-17(30)27-9-7-14(8-10-27)19(24)31)11-25-29(21)23(34)18(22(28)33)20(32)26-16-4-5-16/h3,6,11,13-14,16H,4-5,7-10,12H2,1-2H3,(H4,24,26,31,32,33,34)/p+1/b6-3+. The Morgan fingerprint density at radius 2 is 1.94 bits per heavy atom. The summed E-state index contributed by atoms with van der Waals surface area (Å²) in [5.41, 5.74) is 5.26. The van der Waals surface area contributed by atoms with Crippen LogP contribution in [0.3, 0.4) is 0 Å². The topological polar surface area (TPSA) is 154 Å². The van der Waals surface area contributed by atoms with E-state index in [2.05, 4.69) is 10.4 Å². The summed E-state index contributed by atoms with van der Waals surface area (Å²) in [6, 6.07) is 0.0340. The fourth-order valence-electron chi connectivity index (χ4n) is 4.26. The number of fused-ring (bicyclic) bond motifs is 1. The number of nitrogens with one attached hydrogen (secondary N) is 2. The molecule has 0 radical (unpaired) electrons. The summed E-state index contributed by atoms with van der Waals surface area (Å²) in [6.45, 7) is 5.15. The highest BCUT2D eigenvalue weighted by Gasteiger charge is 2.34. The molecule has 3 heterocycles. The molecule has 34 heavy (non-hydrogen) atoms. The van der Waals surface area contributed by atoms with Crippen molar-refractivity contribution in [2.24, 2.45) is 17.6 Å². The van der Waals surface area contributed by atoms with Crippen molar-refractivity contribution in [3.05, 3.63) is 33.8 Å². The number of aromatic hydroxyl groups is 1. The van der Waals surface area contributed by atoms with E-state index in [9.17, 15) is 24.3 Å². The van der Waals surface area contributed by atoms with E-state index >= 15 is 0 Å². The maximum atomic E-state index is 13.1. The van der Waals surface area contributed by atoms with Gasteiger partial charge in [-0.2, -0.15) is 4.57 Å². The minimum Gasteiger partial charge on any atom is -0.477 e. The molecular weight excluding hydrogens is 440 g/mol. The van der Waals surface area contributed by atoms with Crippen LogP contribution in [0.15, 0.2) is 17.1 Å². The summed E-state index contributed by atoms with van der Waals surface area (Å²) >= 11 is 0. The monoisotopic (exact) mass is 471 g/mol. The lowest BCUT2D eigenvalue weighted by atomic mass is 9.96. The zero-order valence-electron chi connectivity index (χ0n) is 19.4. The molecule has 0 bridgehead atoms. The van der Waals surface area contributed by atoms with Crippen molar-refractivity contribution in [3.63, 3.8) is 0 Å². The number of hydrogen-bond acceptors (Lipinski definition) is 5. The van der Waals surface area contributed by atoms with Crippen LogP contribution in [-0.4, -0.2) is 56.5 Å². The summed E-state index contributed by atoms with van der Waals surface area (Å²) in [4.78, 5) is 51.4. The molecule has 2 fully saturated rings. The molecule has 4 rings (SSSR count). The predicted molar refractivity (Wildman–Crippen MR) is 123 cm³/mol. The third kappa shape index (κ3) is 4.68. The molecular formula is C23H31N6O5+. The van der Waals surface area contributed by atoms with Crippen molar-refractivity contribution < 1.29 is 24.1 Å². The van der Waals surface area contributed by atoms with Gasteiger partial charge in [-0.25, -0.2) is 9.89 Å². The second-order valence-corrected chi connectivity index (χ2v) is 9.48. The number of rotatable bonds is 7. The van der Waals surface area contributed by atoms with E-state index in [0.29, 0.717) is 43.7 Å². The van der Waals surface area contributed by atoms with Crippen LogP contribution >= 0.6 is 0 Å². The Balaban J connectivity index is 1.66. The minimum atomic E-state index is -0.662. The fourth-order valence-corrected chi connectivity index (χ4v) is 4.26. The van der Waals surface area contributed by atoms with Crippen molar-refractivity contribution >= 4 is 29.4 Å². The highest BCUT2D eigenvalue weighted by molar-refractivity contribution is 5.96. The van der Waals surface area contributed by atoms with Gasteiger partial charge < -0.3 is 21.1 Å². The zero-order valence-corrected chi connectivity index (χ0v) is 19.4. The molecule has 5 N–H and O–H groups in total. The number of nitrogens with two attached hydrogens (primary N) is 1. The molecule has 1 aliphatic heterocycles. The molecule has 2 aliphatic rings. The van der Waals surface area contributed by atoms with Gasteiger partial charge in [0.2, 0.25) is 17.4 Å². The Morgan fingerprint density at radius 1 is 1.26 bits per heavy atom. The summed E-state index contributed by atoms with van der Waals surface area (Å²) in [5.74, 6) is -1.66. The molecule has 11 nitrogen and oxygen atoms in total. The molecule has 182 valence electrons. The lowest BCUT2D eigenvalue weighted by Crippen LogP contribution is -2.46. The predicted octanol–water partition coefficient (Wildman–Crippen LogP) is -0.0940. The third-order valence-corrected chi connectivity index (χ3v) is 6.27. The smallest absolute Gasteiger partial charge is 0.378 e. The van der Waals surface area contributed by atoms with Crippen molar-refractivity contribution in [3.8, 4) is 5.88 Å². The first-order valence-electron chi connectivity index (χ1n) is 11.6. The van der Waals surface area contributed by atoms with Gasteiger partial charge in [0.15, 0.2) is 0 Å². The van der Waals surface area contributed by atoms with E-state index < -0.39 is 17.3 Å². The van der Waals surface area contributed by atoms with E-state index in [1.165, 1.54) is 15.2 Å². The maximum Gasteiger partial charge on any atom is 0.378 e. The van der Waals surface area contributed by atoms with Crippen LogP contribution in [0.4, 0.5) is 0 Å². The molecule has 2 aromatic rings. The number of primary amides is 1. The molecule has 11 heteroatoms. The molecule has 2 aromatic heterocycles.